The number of benzene rings is 4. The van der Waals surface area contributed by atoms with Crippen LogP contribution >= 0.6 is 69.6 Å². The first kappa shape index (κ1) is 42.9. The Morgan fingerprint density at radius 3 is 1.34 bits per heavy atom. The number of hydrogen-bond donors (Lipinski definition) is 1. The summed E-state index contributed by atoms with van der Waals surface area (Å²) < 4.78 is 0. The van der Waals surface area contributed by atoms with Gasteiger partial charge in [0.2, 0.25) is 0 Å². The summed E-state index contributed by atoms with van der Waals surface area (Å²) >= 11 is 37.2. The fourth-order valence-corrected chi connectivity index (χ4v) is 8.38. The molecular weight excluding hydrogens is 867 g/mol. The van der Waals surface area contributed by atoms with Crippen molar-refractivity contribution < 1.29 is 9.59 Å². The maximum atomic E-state index is 13.0. The van der Waals surface area contributed by atoms with Crippen LogP contribution in [0.15, 0.2) is 109 Å². The number of rotatable bonds is 7. The fourth-order valence-electron chi connectivity index (χ4n) is 7.13. The van der Waals surface area contributed by atoms with Gasteiger partial charge in [0.1, 0.15) is 11.4 Å². The molecule has 2 amide bonds. The molecule has 0 atom stereocenters. The number of nitrogens with zero attached hydrogens (tertiary/aromatic N) is 4. The number of amides is 2. The van der Waals surface area contributed by atoms with Crippen molar-refractivity contribution >= 4 is 81.4 Å². The van der Waals surface area contributed by atoms with Crippen molar-refractivity contribution in [3.8, 4) is 44.8 Å². The Hall–Kier alpha value is -4.18. The van der Waals surface area contributed by atoms with Crippen LogP contribution in [0.5, 0.6) is 0 Å². The zero-order chi connectivity index (χ0) is 41.5. The van der Waals surface area contributed by atoms with E-state index in [0.717, 1.165) is 79.7 Å². The fraction of sp³-hybridized carbons (Fsp3) is 0.217. The highest BCUT2D eigenvalue weighted by molar-refractivity contribution is 6.37. The number of nitrogens with one attached hydrogen (secondary N) is 1. The van der Waals surface area contributed by atoms with Gasteiger partial charge in [-0.15, -0.1) is 0 Å². The van der Waals surface area contributed by atoms with E-state index < -0.39 is 0 Å². The predicted octanol–water partition coefficient (Wildman–Crippen LogP) is 13.5. The summed E-state index contributed by atoms with van der Waals surface area (Å²) in [6, 6.07) is 32.9. The molecular formula is C46H39Cl6N5O2. The molecule has 302 valence electrons. The Kier molecular flexibility index (Phi) is 14.5. The predicted molar refractivity (Wildman–Crippen MR) is 243 cm³/mol. The Morgan fingerprint density at radius 1 is 0.458 bits per heavy atom. The minimum Gasteiger partial charge on any atom is -0.337 e. The molecule has 0 bridgehead atoms. The van der Waals surface area contributed by atoms with Gasteiger partial charge in [-0.25, -0.2) is 15.0 Å². The molecule has 6 aromatic rings. The molecule has 2 aliphatic heterocycles. The van der Waals surface area contributed by atoms with Crippen LogP contribution in [-0.4, -0.2) is 57.9 Å². The van der Waals surface area contributed by atoms with Gasteiger partial charge in [-0.3, -0.25) is 15.0 Å². The Labute approximate surface area is 374 Å². The zero-order valence-electron chi connectivity index (χ0n) is 31.8. The second-order valence-corrected chi connectivity index (χ2v) is 16.8. The standard InChI is InChI=1S/C23H20Cl3N3O.C23H19Cl3N2O/c24-16-6-4-15(5-7-16)18-10-11-21(23(30)28-29-12-2-1-3-13-29)27-22(18)19-9-8-17(25)14-20(19)26;24-16-6-4-15(5-7-16)18-10-11-21(23(29)28-12-2-1-3-13-28)27-22(18)19-9-8-17(25)14-20(19)26/h4-11,14H,1-3,12-13H2,(H,28,30);4-11,14H,1-3,12-13H2. The number of halogens is 6. The number of piperidine rings is 2. The number of hydrazine groups is 1. The van der Waals surface area contributed by atoms with Crippen LogP contribution < -0.4 is 5.43 Å². The molecule has 4 heterocycles. The first-order valence-electron chi connectivity index (χ1n) is 19.3. The van der Waals surface area contributed by atoms with Gasteiger partial charge < -0.3 is 4.90 Å². The van der Waals surface area contributed by atoms with Crippen LogP contribution in [-0.2, 0) is 0 Å². The summed E-state index contributed by atoms with van der Waals surface area (Å²) in [5.41, 5.74) is 10.0. The first-order valence-corrected chi connectivity index (χ1v) is 21.6. The first-order chi connectivity index (χ1) is 28.5. The van der Waals surface area contributed by atoms with Gasteiger partial charge in [0, 0.05) is 68.5 Å². The van der Waals surface area contributed by atoms with Gasteiger partial charge in [-0.2, -0.15) is 0 Å². The number of hydrogen-bond acceptors (Lipinski definition) is 5. The lowest BCUT2D eigenvalue weighted by Gasteiger charge is -2.26. The van der Waals surface area contributed by atoms with E-state index in [1.807, 2.05) is 82.7 Å². The second kappa shape index (κ2) is 19.9. The molecule has 1 N–H and O–H groups in total. The summed E-state index contributed by atoms with van der Waals surface area (Å²) in [7, 11) is 0. The molecule has 13 heteroatoms. The lowest BCUT2D eigenvalue weighted by atomic mass is 9.98. The van der Waals surface area contributed by atoms with E-state index in [-0.39, 0.29) is 11.8 Å². The summed E-state index contributed by atoms with van der Waals surface area (Å²) in [5.74, 6) is -0.274. The molecule has 8 rings (SSSR count). The molecule has 4 aromatic carbocycles. The van der Waals surface area contributed by atoms with Crippen LogP contribution in [0.1, 0.15) is 59.5 Å². The van der Waals surface area contributed by atoms with Gasteiger partial charge in [0.25, 0.3) is 11.8 Å². The average Bonchev–Trinajstić information content (AvgIpc) is 3.25. The number of likely N-dealkylation sites (tertiary alicyclic amines) is 1. The van der Waals surface area contributed by atoms with Crippen LogP contribution in [0.2, 0.25) is 30.1 Å². The van der Waals surface area contributed by atoms with Crippen LogP contribution in [0.25, 0.3) is 44.8 Å². The van der Waals surface area contributed by atoms with Gasteiger partial charge in [-0.1, -0.05) is 100 Å². The molecule has 0 aliphatic carbocycles. The normalized spacial score (nSPS) is 14.3. The molecule has 7 nitrogen and oxygen atoms in total. The highest BCUT2D eigenvalue weighted by atomic mass is 35.5. The Balaban J connectivity index is 0.000000179. The molecule has 2 saturated heterocycles. The van der Waals surface area contributed by atoms with Crippen molar-refractivity contribution in [1.82, 2.24) is 25.3 Å². The van der Waals surface area contributed by atoms with E-state index in [2.05, 4.69) is 5.43 Å². The quantitative estimate of drug-likeness (QED) is 0.173. The summed E-state index contributed by atoms with van der Waals surface area (Å²) in [4.78, 5) is 37.2. The van der Waals surface area contributed by atoms with Gasteiger partial charge in [-0.05, 0) is 128 Å². The van der Waals surface area contributed by atoms with Crippen molar-refractivity contribution in [2.45, 2.75) is 38.5 Å². The van der Waals surface area contributed by atoms with E-state index in [9.17, 15) is 9.59 Å². The molecule has 2 aromatic heterocycles. The minimum absolute atomic E-state index is 0.0429. The van der Waals surface area contributed by atoms with E-state index >= 15 is 0 Å². The molecule has 2 aliphatic rings. The topological polar surface area (TPSA) is 78.4 Å². The van der Waals surface area contributed by atoms with Gasteiger partial charge in [0.05, 0.1) is 21.4 Å². The third-order valence-corrected chi connectivity index (χ3v) is 11.8. The Morgan fingerprint density at radius 2 is 0.864 bits per heavy atom. The van der Waals surface area contributed by atoms with Gasteiger partial charge in [0.15, 0.2) is 0 Å². The molecule has 59 heavy (non-hydrogen) atoms. The molecule has 2 fully saturated rings. The molecule has 0 spiro atoms. The van der Waals surface area contributed by atoms with Crippen LogP contribution in [0.3, 0.4) is 0 Å². The van der Waals surface area contributed by atoms with E-state index in [0.29, 0.717) is 58.5 Å². The average molecular weight is 907 g/mol. The van der Waals surface area contributed by atoms with Crippen molar-refractivity contribution in [3.63, 3.8) is 0 Å². The van der Waals surface area contributed by atoms with E-state index in [1.54, 1.807) is 36.4 Å². The Bertz CT molecular complexity index is 2450. The maximum absolute atomic E-state index is 13.0. The van der Waals surface area contributed by atoms with Crippen molar-refractivity contribution in [1.29, 1.82) is 0 Å². The van der Waals surface area contributed by atoms with Gasteiger partial charge >= 0.3 is 0 Å². The number of aromatic nitrogens is 2. The monoisotopic (exact) mass is 903 g/mol. The lowest BCUT2D eigenvalue weighted by Crippen LogP contribution is -2.45. The van der Waals surface area contributed by atoms with E-state index in [1.165, 1.54) is 12.8 Å². The largest absolute Gasteiger partial charge is 0.337 e. The smallest absolute Gasteiger partial charge is 0.284 e. The SMILES string of the molecule is O=C(NN1CCCCC1)c1ccc(-c2ccc(Cl)cc2)c(-c2ccc(Cl)cc2Cl)n1.O=C(c1ccc(-c2ccc(Cl)cc2)c(-c2ccc(Cl)cc2Cl)n1)N1CCCCC1. The van der Waals surface area contributed by atoms with Crippen molar-refractivity contribution in [2.24, 2.45) is 0 Å². The molecule has 0 unspecified atom stereocenters. The van der Waals surface area contributed by atoms with Crippen molar-refractivity contribution in [2.75, 3.05) is 26.2 Å². The maximum Gasteiger partial charge on any atom is 0.284 e. The van der Waals surface area contributed by atoms with E-state index in [4.69, 9.17) is 79.6 Å². The number of carbonyl (C=O) groups is 2. The summed E-state index contributed by atoms with van der Waals surface area (Å²) in [6.45, 7) is 3.25. The molecule has 0 saturated carbocycles. The number of carbonyl (C=O) groups excluding carboxylic acids is 2. The van der Waals surface area contributed by atoms with Crippen LogP contribution in [0, 0.1) is 0 Å². The third-order valence-electron chi connectivity index (χ3n) is 10.2. The zero-order valence-corrected chi connectivity index (χ0v) is 36.4. The molecule has 0 radical (unpaired) electrons. The lowest BCUT2D eigenvalue weighted by molar-refractivity contribution is 0.0716. The minimum atomic E-state index is -0.231. The third kappa shape index (κ3) is 10.8. The highest BCUT2D eigenvalue weighted by Gasteiger charge is 2.23. The highest BCUT2D eigenvalue weighted by Crippen LogP contribution is 2.38. The second-order valence-electron chi connectivity index (χ2n) is 14.3. The number of pyridine rings is 2. The summed E-state index contributed by atoms with van der Waals surface area (Å²) in [6.07, 6.45) is 6.58. The van der Waals surface area contributed by atoms with Crippen LogP contribution in [0.4, 0.5) is 0 Å². The summed E-state index contributed by atoms with van der Waals surface area (Å²) in [5, 5.41) is 5.31. The van der Waals surface area contributed by atoms with Crippen molar-refractivity contribution in [3.05, 3.63) is 151 Å².